The van der Waals surface area contributed by atoms with E-state index in [2.05, 4.69) is 0 Å². The number of benzene rings is 1. The van der Waals surface area contributed by atoms with E-state index < -0.39 is 5.60 Å². The van der Waals surface area contributed by atoms with Gasteiger partial charge in [-0.05, 0) is 49.1 Å². The van der Waals surface area contributed by atoms with E-state index in [-0.39, 0.29) is 0 Å². The van der Waals surface area contributed by atoms with E-state index in [1.807, 2.05) is 36.0 Å². The summed E-state index contributed by atoms with van der Waals surface area (Å²) in [5, 5.41) is 10.1. The van der Waals surface area contributed by atoms with Crippen LogP contribution >= 0.6 is 11.8 Å². The summed E-state index contributed by atoms with van der Waals surface area (Å²) in [4.78, 5) is 0. The van der Waals surface area contributed by atoms with Crippen LogP contribution in [0.2, 0.25) is 0 Å². The zero-order chi connectivity index (χ0) is 11.7. The summed E-state index contributed by atoms with van der Waals surface area (Å²) in [5.41, 5.74) is 0.458. The molecule has 1 aliphatic heterocycles. The van der Waals surface area contributed by atoms with Crippen LogP contribution in [0.25, 0.3) is 0 Å². The number of aliphatic hydroxyl groups is 1. The van der Waals surface area contributed by atoms with Crippen LogP contribution in [0.4, 0.5) is 0 Å². The Morgan fingerprint density at radius 3 is 2.94 bits per heavy atom. The molecule has 0 amide bonds. The lowest BCUT2D eigenvalue weighted by Gasteiger charge is -2.23. The van der Waals surface area contributed by atoms with E-state index in [1.54, 1.807) is 0 Å². The van der Waals surface area contributed by atoms with Crippen LogP contribution < -0.4 is 4.74 Å². The second kappa shape index (κ2) is 4.54. The third kappa shape index (κ3) is 2.61. The summed E-state index contributed by atoms with van der Waals surface area (Å²) in [5.74, 6) is 3.27. The predicted molar refractivity (Wildman–Crippen MR) is 70.5 cm³/mol. The van der Waals surface area contributed by atoms with Gasteiger partial charge in [-0.2, -0.15) is 11.8 Å². The Balaban J connectivity index is 1.70. The monoisotopic (exact) mass is 250 g/mol. The fraction of sp³-hybridized carbons (Fsp3) is 0.571. The Kier molecular flexibility index (Phi) is 3.05. The molecule has 1 aliphatic carbocycles. The summed E-state index contributed by atoms with van der Waals surface area (Å²) < 4.78 is 5.99. The first-order valence-electron chi connectivity index (χ1n) is 6.34. The van der Waals surface area contributed by atoms with Crippen molar-refractivity contribution in [2.45, 2.75) is 37.4 Å². The molecule has 92 valence electrons. The average molecular weight is 250 g/mol. The molecule has 2 aliphatic rings. The van der Waals surface area contributed by atoms with Crippen LogP contribution in [0.3, 0.4) is 0 Å². The van der Waals surface area contributed by atoms with Crippen molar-refractivity contribution in [1.29, 1.82) is 0 Å². The highest BCUT2D eigenvalue weighted by Gasteiger charge is 2.42. The standard InChI is InChI=1S/C14H18O2S/c15-14(6-7-14)11-3-1-4-12(9-11)16-13-5-2-8-17-10-13/h1,3-4,9,13,15H,2,5-8,10H2. The molecule has 3 heteroatoms. The molecular weight excluding hydrogens is 232 g/mol. The van der Waals surface area contributed by atoms with Gasteiger partial charge in [0.05, 0.1) is 5.60 Å². The Morgan fingerprint density at radius 1 is 1.35 bits per heavy atom. The van der Waals surface area contributed by atoms with Gasteiger partial charge in [0, 0.05) is 5.75 Å². The highest BCUT2D eigenvalue weighted by molar-refractivity contribution is 7.99. The smallest absolute Gasteiger partial charge is 0.120 e. The van der Waals surface area contributed by atoms with Crippen molar-refractivity contribution in [2.24, 2.45) is 0 Å². The lowest BCUT2D eigenvalue weighted by atomic mass is 10.1. The van der Waals surface area contributed by atoms with Crippen LogP contribution in [0.1, 0.15) is 31.2 Å². The van der Waals surface area contributed by atoms with Gasteiger partial charge in [-0.15, -0.1) is 0 Å². The quantitative estimate of drug-likeness (QED) is 0.894. The fourth-order valence-electron chi connectivity index (χ4n) is 2.26. The maximum atomic E-state index is 10.1. The van der Waals surface area contributed by atoms with Crippen molar-refractivity contribution in [2.75, 3.05) is 11.5 Å². The summed E-state index contributed by atoms with van der Waals surface area (Å²) in [6, 6.07) is 7.98. The van der Waals surface area contributed by atoms with E-state index in [0.29, 0.717) is 6.10 Å². The predicted octanol–water partition coefficient (Wildman–Crippen LogP) is 2.94. The summed E-state index contributed by atoms with van der Waals surface area (Å²) in [6.45, 7) is 0. The van der Waals surface area contributed by atoms with Crippen molar-refractivity contribution in [3.63, 3.8) is 0 Å². The Hall–Kier alpha value is -0.670. The van der Waals surface area contributed by atoms with Gasteiger partial charge in [0.2, 0.25) is 0 Å². The Bertz CT molecular complexity index is 395. The maximum Gasteiger partial charge on any atom is 0.120 e. The lowest BCUT2D eigenvalue weighted by Crippen LogP contribution is -2.23. The van der Waals surface area contributed by atoms with Gasteiger partial charge < -0.3 is 9.84 Å². The van der Waals surface area contributed by atoms with Crippen molar-refractivity contribution >= 4 is 11.8 Å². The minimum atomic E-state index is -0.555. The van der Waals surface area contributed by atoms with Crippen LogP contribution in [-0.2, 0) is 5.60 Å². The van der Waals surface area contributed by atoms with E-state index in [4.69, 9.17) is 4.74 Å². The highest BCUT2D eigenvalue weighted by Crippen LogP contribution is 2.46. The third-order valence-electron chi connectivity index (χ3n) is 3.52. The zero-order valence-corrected chi connectivity index (χ0v) is 10.7. The molecule has 0 bridgehead atoms. The van der Waals surface area contributed by atoms with Crippen LogP contribution in [0.15, 0.2) is 24.3 Å². The molecule has 3 rings (SSSR count). The van der Waals surface area contributed by atoms with Gasteiger partial charge in [-0.1, -0.05) is 12.1 Å². The Morgan fingerprint density at radius 2 is 2.24 bits per heavy atom. The van der Waals surface area contributed by atoms with E-state index in [1.165, 1.54) is 12.2 Å². The minimum Gasteiger partial charge on any atom is -0.490 e. The molecule has 1 unspecified atom stereocenters. The summed E-state index contributed by atoms with van der Waals surface area (Å²) >= 11 is 1.97. The molecule has 0 aromatic heterocycles. The van der Waals surface area contributed by atoms with Crippen molar-refractivity contribution in [3.8, 4) is 5.75 Å². The molecule has 1 aromatic rings. The summed E-state index contributed by atoms with van der Waals surface area (Å²) in [7, 11) is 0. The van der Waals surface area contributed by atoms with Gasteiger partial charge in [0.15, 0.2) is 0 Å². The second-order valence-corrected chi connectivity index (χ2v) is 6.17. The number of thioether (sulfide) groups is 1. The average Bonchev–Trinajstić information content (AvgIpc) is 3.11. The van der Waals surface area contributed by atoms with Crippen LogP contribution in [0.5, 0.6) is 5.75 Å². The fourth-order valence-corrected chi connectivity index (χ4v) is 3.30. The normalized spacial score (nSPS) is 26.5. The third-order valence-corrected chi connectivity index (χ3v) is 4.70. The van der Waals surface area contributed by atoms with Crippen molar-refractivity contribution < 1.29 is 9.84 Å². The van der Waals surface area contributed by atoms with Gasteiger partial charge >= 0.3 is 0 Å². The number of ether oxygens (including phenoxy) is 1. The molecule has 1 heterocycles. The first-order valence-corrected chi connectivity index (χ1v) is 7.49. The minimum absolute atomic E-state index is 0.345. The summed E-state index contributed by atoms with van der Waals surface area (Å²) in [6.07, 6.45) is 4.52. The molecular formula is C14H18O2S. The zero-order valence-electron chi connectivity index (χ0n) is 9.89. The number of hydrogen-bond acceptors (Lipinski definition) is 3. The van der Waals surface area contributed by atoms with Gasteiger partial charge in [0.1, 0.15) is 11.9 Å². The maximum absolute atomic E-state index is 10.1. The topological polar surface area (TPSA) is 29.5 Å². The Labute approximate surface area is 106 Å². The molecule has 1 N–H and O–H groups in total. The molecule has 1 saturated heterocycles. The second-order valence-electron chi connectivity index (χ2n) is 5.02. The lowest BCUT2D eigenvalue weighted by molar-refractivity contribution is 0.150. The first kappa shape index (κ1) is 11.4. The highest BCUT2D eigenvalue weighted by atomic mass is 32.2. The molecule has 1 aromatic carbocycles. The van der Waals surface area contributed by atoms with Gasteiger partial charge in [-0.3, -0.25) is 0 Å². The number of rotatable bonds is 3. The molecule has 0 spiro atoms. The molecule has 0 radical (unpaired) electrons. The van der Waals surface area contributed by atoms with Crippen LogP contribution in [-0.4, -0.2) is 22.7 Å². The molecule has 17 heavy (non-hydrogen) atoms. The molecule has 1 saturated carbocycles. The first-order chi connectivity index (χ1) is 8.26. The largest absolute Gasteiger partial charge is 0.490 e. The van der Waals surface area contributed by atoms with Crippen molar-refractivity contribution in [3.05, 3.63) is 29.8 Å². The molecule has 2 fully saturated rings. The van der Waals surface area contributed by atoms with E-state index in [9.17, 15) is 5.11 Å². The SMILES string of the molecule is OC1(c2cccc(OC3CCCSC3)c2)CC1. The van der Waals surface area contributed by atoms with Gasteiger partial charge in [-0.25, -0.2) is 0 Å². The van der Waals surface area contributed by atoms with E-state index >= 15 is 0 Å². The van der Waals surface area contributed by atoms with Crippen LogP contribution in [0, 0.1) is 0 Å². The van der Waals surface area contributed by atoms with Gasteiger partial charge in [0.25, 0.3) is 0 Å². The van der Waals surface area contributed by atoms with Crippen molar-refractivity contribution in [1.82, 2.24) is 0 Å². The number of hydrogen-bond donors (Lipinski definition) is 1. The molecule has 1 atom stereocenters. The molecule has 2 nitrogen and oxygen atoms in total. The van der Waals surface area contributed by atoms with E-state index in [0.717, 1.165) is 36.3 Å².